The van der Waals surface area contributed by atoms with Gasteiger partial charge in [-0.15, -0.1) is 0 Å². The molecule has 1 atom stereocenters. The van der Waals surface area contributed by atoms with Gasteiger partial charge in [-0.3, -0.25) is 0 Å². The highest BCUT2D eigenvalue weighted by molar-refractivity contribution is 6.29. The molecule has 1 unspecified atom stereocenters. The minimum atomic E-state index is -0.0465. The first-order valence-corrected chi connectivity index (χ1v) is 4.79. The van der Waals surface area contributed by atoms with Gasteiger partial charge in [0, 0.05) is 16.6 Å². The molecule has 0 saturated heterocycles. The van der Waals surface area contributed by atoms with Gasteiger partial charge in [0.25, 0.3) is 0 Å². The van der Waals surface area contributed by atoms with E-state index in [-0.39, 0.29) is 6.04 Å². The van der Waals surface area contributed by atoms with Crippen LogP contribution in [0.15, 0.2) is 35.9 Å². The molecule has 0 saturated carbocycles. The lowest BCUT2D eigenvalue weighted by atomic mass is 10.1. The molecule has 0 amide bonds. The van der Waals surface area contributed by atoms with Crippen LogP contribution in [-0.4, -0.2) is 6.61 Å². The van der Waals surface area contributed by atoms with E-state index in [1.807, 2.05) is 31.2 Å². The van der Waals surface area contributed by atoms with Crippen molar-refractivity contribution in [2.24, 2.45) is 5.73 Å². The Kier molecular flexibility index (Phi) is 3.98. The van der Waals surface area contributed by atoms with Crippen LogP contribution in [0.2, 0.25) is 0 Å². The molecule has 1 rings (SSSR count). The predicted molar refractivity (Wildman–Crippen MR) is 59.5 cm³/mol. The maximum Gasteiger partial charge on any atom is 0.124 e. The standard InChI is InChI=1S/C11H14ClNO/c1-8(12)7-14-11-6-4-3-5-10(11)9(2)13/h3-6,9H,1,7,13H2,2H3. The maximum atomic E-state index is 5.79. The van der Waals surface area contributed by atoms with Crippen molar-refractivity contribution in [3.8, 4) is 5.75 Å². The van der Waals surface area contributed by atoms with Crippen LogP contribution >= 0.6 is 11.6 Å². The molecular formula is C11H14ClNO. The van der Waals surface area contributed by atoms with Crippen LogP contribution in [0.5, 0.6) is 5.75 Å². The minimum Gasteiger partial charge on any atom is -0.488 e. The van der Waals surface area contributed by atoms with Gasteiger partial charge in [0.15, 0.2) is 0 Å². The van der Waals surface area contributed by atoms with Crippen molar-refractivity contribution in [2.75, 3.05) is 6.61 Å². The van der Waals surface area contributed by atoms with Crippen molar-refractivity contribution >= 4 is 11.6 Å². The molecule has 76 valence electrons. The average Bonchev–Trinajstić information content (AvgIpc) is 2.15. The van der Waals surface area contributed by atoms with Gasteiger partial charge in [0.05, 0.1) is 0 Å². The average molecular weight is 212 g/mol. The van der Waals surface area contributed by atoms with Gasteiger partial charge in [0.2, 0.25) is 0 Å². The molecule has 1 aromatic rings. The Labute approximate surface area is 89.3 Å². The number of hydrogen-bond donors (Lipinski definition) is 1. The normalized spacial score (nSPS) is 12.2. The summed E-state index contributed by atoms with van der Waals surface area (Å²) in [7, 11) is 0. The Balaban J connectivity index is 2.79. The molecule has 0 spiro atoms. The Morgan fingerprint density at radius 1 is 1.57 bits per heavy atom. The monoisotopic (exact) mass is 211 g/mol. The highest BCUT2D eigenvalue weighted by Gasteiger charge is 2.06. The summed E-state index contributed by atoms with van der Waals surface area (Å²) in [4.78, 5) is 0. The Hall–Kier alpha value is -0.990. The first-order chi connectivity index (χ1) is 6.61. The molecule has 0 aliphatic carbocycles. The second kappa shape index (κ2) is 5.03. The molecule has 0 fully saturated rings. The zero-order chi connectivity index (χ0) is 10.6. The van der Waals surface area contributed by atoms with E-state index in [0.717, 1.165) is 11.3 Å². The highest BCUT2D eigenvalue weighted by atomic mass is 35.5. The number of rotatable bonds is 4. The smallest absolute Gasteiger partial charge is 0.124 e. The number of para-hydroxylation sites is 1. The largest absolute Gasteiger partial charge is 0.488 e. The summed E-state index contributed by atoms with van der Waals surface area (Å²) in [5.41, 5.74) is 6.76. The van der Waals surface area contributed by atoms with Gasteiger partial charge in [0.1, 0.15) is 12.4 Å². The minimum absolute atomic E-state index is 0.0465. The third-order valence-corrected chi connectivity index (χ3v) is 1.90. The van der Waals surface area contributed by atoms with E-state index in [2.05, 4.69) is 6.58 Å². The highest BCUT2D eigenvalue weighted by Crippen LogP contribution is 2.23. The summed E-state index contributed by atoms with van der Waals surface area (Å²) in [5.74, 6) is 0.768. The van der Waals surface area contributed by atoms with E-state index in [4.69, 9.17) is 22.1 Å². The Morgan fingerprint density at radius 2 is 2.21 bits per heavy atom. The van der Waals surface area contributed by atoms with Crippen LogP contribution in [-0.2, 0) is 0 Å². The molecule has 3 heteroatoms. The summed E-state index contributed by atoms with van der Waals surface area (Å²) in [6, 6.07) is 7.60. The van der Waals surface area contributed by atoms with Crippen molar-refractivity contribution in [3.05, 3.63) is 41.4 Å². The first-order valence-electron chi connectivity index (χ1n) is 4.42. The fourth-order valence-electron chi connectivity index (χ4n) is 1.14. The fraction of sp³-hybridized carbons (Fsp3) is 0.273. The van der Waals surface area contributed by atoms with E-state index in [0.29, 0.717) is 11.6 Å². The SMILES string of the molecule is C=C(Cl)COc1ccccc1C(C)N. The molecule has 2 nitrogen and oxygen atoms in total. The molecule has 0 aromatic heterocycles. The number of nitrogens with two attached hydrogens (primary N) is 1. The van der Waals surface area contributed by atoms with Gasteiger partial charge >= 0.3 is 0 Å². The van der Waals surface area contributed by atoms with Gasteiger partial charge in [-0.25, -0.2) is 0 Å². The first kappa shape index (κ1) is 11.1. The van der Waals surface area contributed by atoms with Crippen molar-refractivity contribution in [1.82, 2.24) is 0 Å². The van der Waals surface area contributed by atoms with Crippen LogP contribution in [0.4, 0.5) is 0 Å². The van der Waals surface area contributed by atoms with Crippen LogP contribution in [0.1, 0.15) is 18.5 Å². The summed E-state index contributed by atoms with van der Waals surface area (Å²) < 4.78 is 5.45. The van der Waals surface area contributed by atoms with Gasteiger partial charge in [-0.05, 0) is 13.0 Å². The number of halogens is 1. The Morgan fingerprint density at radius 3 is 2.79 bits per heavy atom. The van der Waals surface area contributed by atoms with Gasteiger partial charge in [-0.1, -0.05) is 36.4 Å². The van der Waals surface area contributed by atoms with E-state index >= 15 is 0 Å². The van der Waals surface area contributed by atoms with E-state index < -0.39 is 0 Å². The third-order valence-electron chi connectivity index (χ3n) is 1.79. The fourth-order valence-corrected chi connectivity index (χ4v) is 1.20. The summed E-state index contributed by atoms with van der Waals surface area (Å²) in [6.45, 7) is 5.78. The Bertz CT molecular complexity index is 323. The van der Waals surface area contributed by atoms with Crippen LogP contribution in [0.25, 0.3) is 0 Å². The summed E-state index contributed by atoms with van der Waals surface area (Å²) >= 11 is 5.61. The zero-order valence-electron chi connectivity index (χ0n) is 8.16. The van der Waals surface area contributed by atoms with E-state index in [1.54, 1.807) is 0 Å². The quantitative estimate of drug-likeness (QED) is 0.831. The summed E-state index contributed by atoms with van der Waals surface area (Å²) in [5, 5.41) is 0.476. The van der Waals surface area contributed by atoms with Crippen molar-refractivity contribution in [3.63, 3.8) is 0 Å². The second-order valence-corrected chi connectivity index (χ2v) is 3.67. The molecule has 1 aromatic carbocycles. The lowest BCUT2D eigenvalue weighted by molar-refractivity contribution is 0.353. The molecule has 0 radical (unpaired) electrons. The van der Waals surface area contributed by atoms with E-state index in [9.17, 15) is 0 Å². The van der Waals surface area contributed by atoms with Crippen LogP contribution in [0, 0.1) is 0 Å². The van der Waals surface area contributed by atoms with Gasteiger partial charge in [-0.2, -0.15) is 0 Å². The lowest BCUT2D eigenvalue weighted by Gasteiger charge is -2.12. The molecular weight excluding hydrogens is 198 g/mol. The molecule has 0 bridgehead atoms. The molecule has 0 heterocycles. The molecule has 2 N–H and O–H groups in total. The lowest BCUT2D eigenvalue weighted by Crippen LogP contribution is -2.08. The van der Waals surface area contributed by atoms with Crippen molar-refractivity contribution < 1.29 is 4.74 Å². The molecule has 0 aliphatic rings. The summed E-state index contributed by atoms with van der Waals surface area (Å²) in [6.07, 6.45) is 0. The second-order valence-electron chi connectivity index (χ2n) is 3.13. The molecule has 0 aliphatic heterocycles. The van der Waals surface area contributed by atoms with Crippen molar-refractivity contribution in [2.45, 2.75) is 13.0 Å². The van der Waals surface area contributed by atoms with Crippen molar-refractivity contribution in [1.29, 1.82) is 0 Å². The van der Waals surface area contributed by atoms with Gasteiger partial charge < -0.3 is 10.5 Å². The maximum absolute atomic E-state index is 5.79. The van der Waals surface area contributed by atoms with Crippen LogP contribution in [0.3, 0.4) is 0 Å². The van der Waals surface area contributed by atoms with Crippen LogP contribution < -0.4 is 10.5 Å². The topological polar surface area (TPSA) is 35.2 Å². The number of hydrogen-bond acceptors (Lipinski definition) is 2. The predicted octanol–water partition coefficient (Wildman–Crippen LogP) is 2.84. The van der Waals surface area contributed by atoms with E-state index in [1.165, 1.54) is 0 Å². The number of ether oxygens (including phenoxy) is 1. The molecule has 14 heavy (non-hydrogen) atoms. The number of benzene rings is 1. The third kappa shape index (κ3) is 3.05. The zero-order valence-corrected chi connectivity index (χ0v) is 8.92.